The van der Waals surface area contributed by atoms with Crippen LogP contribution in [0.5, 0.6) is 0 Å². The van der Waals surface area contributed by atoms with Crippen LogP contribution in [0.1, 0.15) is 19.8 Å². The van der Waals surface area contributed by atoms with Gasteiger partial charge in [-0.25, -0.2) is 0 Å². The van der Waals surface area contributed by atoms with E-state index in [0.717, 1.165) is 6.42 Å². The summed E-state index contributed by atoms with van der Waals surface area (Å²) in [5.74, 6) is 2.27. The SMILES string of the molecule is C#CC(CC[CH]C)=[N+]=[N-]. The van der Waals surface area contributed by atoms with E-state index in [9.17, 15) is 0 Å². The summed E-state index contributed by atoms with van der Waals surface area (Å²) in [5, 5.41) is 0. The van der Waals surface area contributed by atoms with Crippen LogP contribution >= 0.6 is 0 Å². The topological polar surface area (TPSA) is 36.4 Å². The van der Waals surface area contributed by atoms with Gasteiger partial charge in [0.25, 0.3) is 0 Å². The van der Waals surface area contributed by atoms with Crippen LogP contribution in [0.25, 0.3) is 5.53 Å². The molecule has 0 aliphatic heterocycles. The first-order valence-electron chi connectivity index (χ1n) is 2.80. The second-order valence-electron chi connectivity index (χ2n) is 1.64. The van der Waals surface area contributed by atoms with Crippen molar-refractivity contribution in [2.75, 3.05) is 0 Å². The molecule has 0 aliphatic rings. The fourth-order valence-electron chi connectivity index (χ4n) is 0.432. The van der Waals surface area contributed by atoms with Crippen molar-refractivity contribution in [3.63, 3.8) is 0 Å². The van der Waals surface area contributed by atoms with Crippen LogP contribution in [0.3, 0.4) is 0 Å². The summed E-state index contributed by atoms with van der Waals surface area (Å²) in [6.45, 7) is 1.94. The Morgan fingerprint density at radius 3 is 2.89 bits per heavy atom. The maximum absolute atomic E-state index is 8.18. The highest BCUT2D eigenvalue weighted by Gasteiger charge is 1.99. The number of nitrogens with zero attached hydrogens (tertiary/aromatic N) is 2. The molecule has 47 valence electrons. The van der Waals surface area contributed by atoms with Crippen LogP contribution in [0.2, 0.25) is 0 Å². The van der Waals surface area contributed by atoms with Gasteiger partial charge in [-0.3, -0.25) is 0 Å². The van der Waals surface area contributed by atoms with Crippen molar-refractivity contribution < 1.29 is 4.79 Å². The van der Waals surface area contributed by atoms with Gasteiger partial charge in [0.05, 0.1) is 6.42 Å². The highest BCUT2D eigenvalue weighted by atomic mass is 14.8. The molecule has 0 spiro atoms. The Kier molecular flexibility index (Phi) is 4.49. The Bertz CT molecular complexity index is 158. The molecule has 0 aliphatic carbocycles. The molecule has 0 heterocycles. The van der Waals surface area contributed by atoms with Crippen molar-refractivity contribution in [3.8, 4) is 12.3 Å². The maximum atomic E-state index is 8.18. The highest BCUT2D eigenvalue weighted by Crippen LogP contribution is 1.91. The second kappa shape index (κ2) is 5.08. The maximum Gasteiger partial charge on any atom is 0.341 e. The molecule has 9 heavy (non-hydrogen) atoms. The summed E-state index contributed by atoms with van der Waals surface area (Å²) < 4.78 is 0. The lowest BCUT2D eigenvalue weighted by molar-refractivity contribution is -0.00534. The number of hydrogen-bond donors (Lipinski definition) is 0. The van der Waals surface area contributed by atoms with Crippen molar-refractivity contribution in [3.05, 3.63) is 12.0 Å². The Morgan fingerprint density at radius 2 is 2.56 bits per heavy atom. The molecule has 2 heteroatoms. The molecule has 0 rings (SSSR count). The average molecular weight is 121 g/mol. The second-order valence-corrected chi connectivity index (χ2v) is 1.64. The Balaban J connectivity index is 3.63. The molecule has 0 N–H and O–H groups in total. The van der Waals surface area contributed by atoms with Gasteiger partial charge in [0.15, 0.2) is 0 Å². The monoisotopic (exact) mass is 121 g/mol. The van der Waals surface area contributed by atoms with Crippen LogP contribution in [-0.4, -0.2) is 10.5 Å². The molecule has 0 amide bonds. The van der Waals surface area contributed by atoms with Gasteiger partial charge in [0.1, 0.15) is 0 Å². The van der Waals surface area contributed by atoms with Crippen LogP contribution < -0.4 is 0 Å². The summed E-state index contributed by atoms with van der Waals surface area (Å²) in [4.78, 5) is 2.90. The number of hydrogen-bond acceptors (Lipinski definition) is 0. The first-order chi connectivity index (χ1) is 4.35. The van der Waals surface area contributed by atoms with Crippen LogP contribution in [-0.2, 0) is 0 Å². The lowest BCUT2D eigenvalue weighted by atomic mass is 10.2. The van der Waals surface area contributed by atoms with E-state index in [4.69, 9.17) is 12.0 Å². The normalized spacial score (nSPS) is 7.56. The summed E-state index contributed by atoms with van der Waals surface area (Å²) in [6.07, 6.45) is 8.47. The van der Waals surface area contributed by atoms with Gasteiger partial charge < -0.3 is 5.53 Å². The minimum atomic E-state index is 0.410. The van der Waals surface area contributed by atoms with E-state index in [0.29, 0.717) is 12.1 Å². The standard InChI is InChI=1S/C7H9N2/c1-3-5-6-7(4-2)9-8/h2-3H,5-6H2,1H3. The molecular weight excluding hydrogens is 112 g/mol. The number of rotatable bonds is 3. The summed E-state index contributed by atoms with van der Waals surface area (Å²) >= 11 is 0. The van der Waals surface area contributed by atoms with Crippen molar-refractivity contribution in [2.45, 2.75) is 19.8 Å². The van der Waals surface area contributed by atoms with Crippen LogP contribution in [0.4, 0.5) is 0 Å². The Hall–Kier alpha value is -1.06. The third-order valence-electron chi connectivity index (χ3n) is 0.957. The summed E-state index contributed by atoms with van der Waals surface area (Å²) in [6, 6.07) is 0. The van der Waals surface area contributed by atoms with E-state index in [1.165, 1.54) is 0 Å². The van der Waals surface area contributed by atoms with Crippen LogP contribution in [0, 0.1) is 18.8 Å². The molecule has 0 aromatic rings. The largest absolute Gasteiger partial charge is 0.360 e. The van der Waals surface area contributed by atoms with E-state index in [1.807, 2.05) is 13.3 Å². The van der Waals surface area contributed by atoms with E-state index < -0.39 is 0 Å². The van der Waals surface area contributed by atoms with E-state index >= 15 is 0 Å². The molecule has 0 saturated carbocycles. The minimum absolute atomic E-state index is 0.410. The predicted octanol–water partition coefficient (Wildman–Crippen LogP) is 1.29. The average Bonchev–Trinajstić information content (AvgIpc) is 1.91. The smallest absolute Gasteiger partial charge is 0.341 e. The molecule has 0 saturated heterocycles. The summed E-state index contributed by atoms with van der Waals surface area (Å²) in [7, 11) is 0. The highest BCUT2D eigenvalue weighted by molar-refractivity contribution is 5.95. The zero-order valence-corrected chi connectivity index (χ0v) is 5.46. The van der Waals surface area contributed by atoms with Gasteiger partial charge in [0.2, 0.25) is 0 Å². The minimum Gasteiger partial charge on any atom is -0.360 e. The van der Waals surface area contributed by atoms with Gasteiger partial charge >= 0.3 is 5.71 Å². The molecule has 0 aromatic heterocycles. The predicted molar refractivity (Wildman–Crippen MR) is 36.7 cm³/mol. The third kappa shape index (κ3) is 3.52. The molecule has 0 unspecified atom stereocenters. The molecule has 0 aromatic carbocycles. The first-order valence-corrected chi connectivity index (χ1v) is 2.80. The molecule has 0 fully saturated rings. The third-order valence-corrected chi connectivity index (χ3v) is 0.957. The lowest BCUT2D eigenvalue weighted by Crippen LogP contribution is -1.93. The fraction of sp³-hybridized carbons (Fsp3) is 0.429. The first kappa shape index (κ1) is 7.94. The summed E-state index contributed by atoms with van der Waals surface area (Å²) in [5.41, 5.74) is 8.59. The Morgan fingerprint density at radius 1 is 1.89 bits per heavy atom. The van der Waals surface area contributed by atoms with Gasteiger partial charge in [-0.05, 0) is 12.8 Å². The molecular formula is C7H9N2. The quantitative estimate of drug-likeness (QED) is 0.233. The Labute approximate surface area is 55.5 Å². The van der Waals surface area contributed by atoms with Crippen molar-refractivity contribution in [2.24, 2.45) is 0 Å². The number of unbranched alkanes of at least 4 members (excludes halogenated alkanes) is 1. The molecule has 0 bridgehead atoms. The van der Waals surface area contributed by atoms with Gasteiger partial charge in [-0.15, -0.1) is 6.42 Å². The van der Waals surface area contributed by atoms with E-state index in [1.54, 1.807) is 0 Å². The molecule has 1 radical (unpaired) electrons. The van der Waals surface area contributed by atoms with Crippen molar-refractivity contribution in [1.82, 2.24) is 0 Å². The fourth-order valence-corrected chi connectivity index (χ4v) is 0.432. The van der Waals surface area contributed by atoms with E-state index in [2.05, 4.69) is 10.7 Å². The lowest BCUT2D eigenvalue weighted by Gasteiger charge is -1.82. The van der Waals surface area contributed by atoms with Crippen LogP contribution in [0.15, 0.2) is 0 Å². The van der Waals surface area contributed by atoms with Gasteiger partial charge in [-0.2, -0.15) is 4.79 Å². The molecule has 0 atom stereocenters. The zero-order chi connectivity index (χ0) is 7.11. The van der Waals surface area contributed by atoms with Crippen molar-refractivity contribution in [1.29, 1.82) is 0 Å². The molecule has 2 nitrogen and oxygen atoms in total. The van der Waals surface area contributed by atoms with Crippen molar-refractivity contribution >= 4 is 5.71 Å². The number of terminal acetylenes is 1. The zero-order valence-electron chi connectivity index (χ0n) is 5.46. The van der Waals surface area contributed by atoms with Gasteiger partial charge in [0, 0.05) is 5.92 Å². The van der Waals surface area contributed by atoms with Gasteiger partial charge in [-0.1, -0.05) is 6.92 Å². The van der Waals surface area contributed by atoms with E-state index in [-0.39, 0.29) is 0 Å².